The van der Waals surface area contributed by atoms with Crippen molar-refractivity contribution in [2.45, 2.75) is 50.2 Å². The average Bonchev–Trinajstić information content (AvgIpc) is 2.31. The molecule has 0 radical (unpaired) electrons. The van der Waals surface area contributed by atoms with Crippen molar-refractivity contribution in [3.8, 4) is 0 Å². The molecule has 2 rings (SSSR count). The van der Waals surface area contributed by atoms with Gasteiger partial charge in [0.25, 0.3) is 0 Å². The fraction of sp³-hybridized carbons (Fsp3) is 0.600. The Morgan fingerprint density at radius 2 is 1.74 bits per heavy atom. The molecule has 0 atom stereocenters. The highest BCUT2D eigenvalue weighted by Gasteiger charge is 2.29. The van der Waals surface area contributed by atoms with E-state index in [1.807, 2.05) is 18.2 Å². The van der Waals surface area contributed by atoms with Crippen molar-refractivity contribution in [1.82, 2.24) is 5.32 Å². The molecule has 1 saturated carbocycles. The van der Waals surface area contributed by atoms with Crippen LogP contribution < -0.4 is 5.32 Å². The third kappa shape index (κ3) is 4.86. The van der Waals surface area contributed by atoms with Crippen LogP contribution in [0.25, 0.3) is 0 Å². The normalized spacial score (nSPS) is 23.1. The number of halogens is 3. The zero-order chi connectivity index (χ0) is 13.7. The number of alkyl halides is 3. The second-order valence-corrected chi connectivity index (χ2v) is 5.30. The van der Waals surface area contributed by atoms with E-state index in [-0.39, 0.29) is 6.42 Å². The van der Waals surface area contributed by atoms with Crippen LogP contribution in [0.5, 0.6) is 0 Å². The molecular formula is C15H20F3N. The first kappa shape index (κ1) is 14.4. The third-order valence-corrected chi connectivity index (χ3v) is 3.73. The second-order valence-electron chi connectivity index (χ2n) is 5.30. The Hall–Kier alpha value is -1.03. The van der Waals surface area contributed by atoms with Gasteiger partial charge in [-0.3, -0.25) is 0 Å². The van der Waals surface area contributed by atoms with Crippen molar-refractivity contribution in [1.29, 1.82) is 0 Å². The van der Waals surface area contributed by atoms with Gasteiger partial charge in [-0.05, 0) is 43.7 Å². The molecule has 106 valence electrons. The van der Waals surface area contributed by atoms with Gasteiger partial charge in [0.1, 0.15) is 0 Å². The molecule has 1 N–H and O–H groups in total. The van der Waals surface area contributed by atoms with E-state index >= 15 is 0 Å². The molecule has 1 fully saturated rings. The minimum absolute atomic E-state index is 0.228. The van der Waals surface area contributed by atoms with E-state index in [9.17, 15) is 13.2 Å². The smallest absolute Gasteiger partial charge is 0.314 e. The molecule has 1 aliphatic carbocycles. The summed E-state index contributed by atoms with van der Waals surface area (Å²) in [5.74, 6) is 0.619. The Morgan fingerprint density at radius 1 is 1.05 bits per heavy atom. The third-order valence-electron chi connectivity index (χ3n) is 3.73. The van der Waals surface area contributed by atoms with Crippen LogP contribution >= 0.6 is 0 Å². The van der Waals surface area contributed by atoms with Gasteiger partial charge in [0.05, 0.1) is 0 Å². The molecule has 0 heterocycles. The maximum atomic E-state index is 11.9. The van der Waals surface area contributed by atoms with E-state index in [2.05, 4.69) is 17.4 Å². The summed E-state index contributed by atoms with van der Waals surface area (Å²) in [5, 5.41) is 3.34. The number of hydrogen-bond acceptors (Lipinski definition) is 1. The van der Waals surface area contributed by atoms with Crippen LogP contribution in [0, 0.1) is 0 Å². The molecule has 0 saturated heterocycles. The Bertz CT molecular complexity index is 369. The maximum absolute atomic E-state index is 11.9. The predicted molar refractivity (Wildman–Crippen MR) is 70.1 cm³/mol. The fourth-order valence-corrected chi connectivity index (χ4v) is 2.54. The van der Waals surface area contributed by atoms with Crippen LogP contribution in [0.15, 0.2) is 30.3 Å². The lowest BCUT2D eigenvalue weighted by atomic mass is 9.76. The van der Waals surface area contributed by atoms with E-state index in [4.69, 9.17) is 0 Å². The minimum Gasteiger partial charge on any atom is -0.314 e. The molecule has 1 aliphatic rings. The van der Waals surface area contributed by atoms with Gasteiger partial charge in [0.15, 0.2) is 0 Å². The van der Waals surface area contributed by atoms with E-state index in [1.165, 1.54) is 5.56 Å². The first-order chi connectivity index (χ1) is 9.04. The van der Waals surface area contributed by atoms with Crippen molar-refractivity contribution in [2.24, 2.45) is 0 Å². The van der Waals surface area contributed by atoms with Crippen LogP contribution in [0.2, 0.25) is 0 Å². The topological polar surface area (TPSA) is 12.0 Å². The SMILES string of the molecule is FC(F)(F)CCCCNC1CC(c2ccccc2)C1. The predicted octanol–water partition coefficient (Wildman–Crippen LogP) is 4.25. The van der Waals surface area contributed by atoms with E-state index < -0.39 is 12.6 Å². The van der Waals surface area contributed by atoms with Crippen LogP contribution in [0.3, 0.4) is 0 Å². The first-order valence-electron chi connectivity index (χ1n) is 6.90. The monoisotopic (exact) mass is 271 g/mol. The quantitative estimate of drug-likeness (QED) is 0.762. The first-order valence-corrected chi connectivity index (χ1v) is 6.90. The lowest BCUT2D eigenvalue weighted by Gasteiger charge is -2.36. The summed E-state index contributed by atoms with van der Waals surface area (Å²) in [6, 6.07) is 10.9. The summed E-state index contributed by atoms with van der Waals surface area (Å²) in [6.45, 7) is 0.697. The zero-order valence-electron chi connectivity index (χ0n) is 10.9. The van der Waals surface area contributed by atoms with Gasteiger partial charge in [-0.2, -0.15) is 13.2 Å². The van der Waals surface area contributed by atoms with Crippen molar-refractivity contribution in [3.05, 3.63) is 35.9 Å². The number of benzene rings is 1. The highest BCUT2D eigenvalue weighted by molar-refractivity contribution is 5.22. The van der Waals surface area contributed by atoms with Gasteiger partial charge in [-0.15, -0.1) is 0 Å². The molecule has 4 heteroatoms. The zero-order valence-corrected chi connectivity index (χ0v) is 10.9. The summed E-state index contributed by atoms with van der Waals surface area (Å²) < 4.78 is 35.8. The lowest BCUT2D eigenvalue weighted by molar-refractivity contribution is -0.135. The highest BCUT2D eigenvalue weighted by atomic mass is 19.4. The molecule has 0 spiro atoms. The Morgan fingerprint density at radius 3 is 2.37 bits per heavy atom. The Labute approximate surface area is 112 Å². The summed E-state index contributed by atoms with van der Waals surface area (Å²) >= 11 is 0. The largest absolute Gasteiger partial charge is 0.389 e. The van der Waals surface area contributed by atoms with Gasteiger partial charge in [0, 0.05) is 12.5 Å². The van der Waals surface area contributed by atoms with Crippen LogP contribution in [0.4, 0.5) is 13.2 Å². The van der Waals surface area contributed by atoms with Crippen LogP contribution in [0.1, 0.15) is 43.6 Å². The molecule has 0 aromatic heterocycles. The minimum atomic E-state index is -4.01. The van der Waals surface area contributed by atoms with Crippen LogP contribution in [-0.2, 0) is 0 Å². The van der Waals surface area contributed by atoms with Crippen LogP contribution in [-0.4, -0.2) is 18.8 Å². The van der Waals surface area contributed by atoms with Gasteiger partial charge < -0.3 is 5.32 Å². The summed E-state index contributed by atoms with van der Waals surface area (Å²) in [6.07, 6.45) is -1.63. The van der Waals surface area contributed by atoms with Gasteiger partial charge in [0.2, 0.25) is 0 Å². The van der Waals surface area contributed by atoms with E-state index in [1.54, 1.807) is 0 Å². The van der Waals surface area contributed by atoms with Gasteiger partial charge in [-0.25, -0.2) is 0 Å². The van der Waals surface area contributed by atoms with Crippen molar-refractivity contribution in [2.75, 3.05) is 6.54 Å². The van der Waals surface area contributed by atoms with Crippen molar-refractivity contribution >= 4 is 0 Å². The molecule has 0 amide bonds. The number of hydrogen-bond donors (Lipinski definition) is 1. The lowest BCUT2D eigenvalue weighted by Crippen LogP contribution is -2.40. The summed E-state index contributed by atoms with van der Waals surface area (Å²) in [7, 11) is 0. The average molecular weight is 271 g/mol. The molecular weight excluding hydrogens is 251 g/mol. The fourth-order valence-electron chi connectivity index (χ4n) is 2.54. The molecule has 1 aromatic carbocycles. The molecule has 0 bridgehead atoms. The molecule has 0 aliphatic heterocycles. The Balaban J connectivity index is 1.54. The maximum Gasteiger partial charge on any atom is 0.389 e. The summed E-state index contributed by atoms with van der Waals surface area (Å²) in [4.78, 5) is 0. The van der Waals surface area contributed by atoms with Crippen molar-refractivity contribution < 1.29 is 13.2 Å². The molecule has 1 aromatic rings. The van der Waals surface area contributed by atoms with E-state index in [0.29, 0.717) is 24.9 Å². The molecule has 1 nitrogen and oxygen atoms in total. The van der Waals surface area contributed by atoms with E-state index in [0.717, 1.165) is 12.8 Å². The van der Waals surface area contributed by atoms with Crippen molar-refractivity contribution in [3.63, 3.8) is 0 Å². The number of nitrogens with one attached hydrogen (secondary N) is 1. The number of rotatable bonds is 6. The number of unbranched alkanes of at least 4 members (excludes halogenated alkanes) is 1. The molecule has 19 heavy (non-hydrogen) atoms. The van der Waals surface area contributed by atoms with Gasteiger partial charge in [-0.1, -0.05) is 30.3 Å². The second kappa shape index (κ2) is 6.42. The standard InChI is InChI=1S/C15H20F3N/c16-15(17,18)8-4-5-9-19-14-10-13(11-14)12-6-2-1-3-7-12/h1-3,6-7,13-14,19H,4-5,8-11H2. The summed E-state index contributed by atoms with van der Waals surface area (Å²) in [5.41, 5.74) is 1.37. The molecule has 0 unspecified atom stereocenters. The van der Waals surface area contributed by atoms with Gasteiger partial charge >= 0.3 is 6.18 Å². The highest BCUT2D eigenvalue weighted by Crippen LogP contribution is 2.36. The Kier molecular flexibility index (Phi) is 4.86.